The summed E-state index contributed by atoms with van der Waals surface area (Å²) in [6.45, 7) is 1.97. The SMILES string of the molecule is N#Cc1ccnc(N2CC[C@H](CO)C2)c1. The molecule has 78 valence electrons. The zero-order valence-electron chi connectivity index (χ0n) is 8.43. The quantitative estimate of drug-likeness (QED) is 0.771. The van der Waals surface area contributed by atoms with Crippen LogP contribution < -0.4 is 4.90 Å². The fraction of sp³-hybridized carbons (Fsp3) is 0.455. The van der Waals surface area contributed by atoms with Crippen LogP contribution in [0.1, 0.15) is 12.0 Å². The second-order valence-corrected chi connectivity index (χ2v) is 3.80. The third-order valence-electron chi connectivity index (χ3n) is 2.74. The van der Waals surface area contributed by atoms with E-state index in [1.165, 1.54) is 0 Å². The molecule has 1 aliphatic rings. The van der Waals surface area contributed by atoms with Gasteiger partial charge in [-0.2, -0.15) is 5.26 Å². The molecular formula is C11H13N3O. The predicted molar refractivity (Wildman–Crippen MR) is 56.4 cm³/mol. The first kappa shape index (κ1) is 9.94. The molecule has 4 nitrogen and oxygen atoms in total. The average Bonchev–Trinajstić information content (AvgIpc) is 2.78. The Morgan fingerprint density at radius 2 is 2.53 bits per heavy atom. The Morgan fingerprint density at radius 3 is 3.20 bits per heavy atom. The summed E-state index contributed by atoms with van der Waals surface area (Å²) in [5, 5.41) is 17.8. The molecule has 1 aromatic heterocycles. The van der Waals surface area contributed by atoms with Crippen LogP contribution in [0, 0.1) is 17.2 Å². The van der Waals surface area contributed by atoms with Crippen LogP contribution in [-0.2, 0) is 0 Å². The topological polar surface area (TPSA) is 60.2 Å². The second kappa shape index (κ2) is 4.28. The van der Waals surface area contributed by atoms with Crippen LogP contribution in [0.15, 0.2) is 18.3 Å². The van der Waals surface area contributed by atoms with Crippen molar-refractivity contribution in [3.63, 3.8) is 0 Å². The molecule has 0 amide bonds. The fourth-order valence-electron chi connectivity index (χ4n) is 1.85. The fourth-order valence-corrected chi connectivity index (χ4v) is 1.85. The van der Waals surface area contributed by atoms with Gasteiger partial charge in [-0.3, -0.25) is 0 Å². The van der Waals surface area contributed by atoms with Crippen molar-refractivity contribution in [3.8, 4) is 6.07 Å². The van der Waals surface area contributed by atoms with E-state index in [-0.39, 0.29) is 6.61 Å². The summed E-state index contributed by atoms with van der Waals surface area (Å²) in [6.07, 6.45) is 2.65. The molecule has 2 rings (SSSR count). The van der Waals surface area contributed by atoms with E-state index in [4.69, 9.17) is 10.4 Å². The van der Waals surface area contributed by atoms with Crippen molar-refractivity contribution in [2.75, 3.05) is 24.6 Å². The normalized spacial score (nSPS) is 20.3. The summed E-state index contributed by atoms with van der Waals surface area (Å²) in [5.41, 5.74) is 0.632. The van der Waals surface area contributed by atoms with Crippen LogP contribution in [0.25, 0.3) is 0 Å². The van der Waals surface area contributed by atoms with Crippen LogP contribution in [0.3, 0.4) is 0 Å². The summed E-state index contributed by atoms with van der Waals surface area (Å²) in [7, 11) is 0. The van der Waals surface area contributed by atoms with Gasteiger partial charge >= 0.3 is 0 Å². The molecule has 1 saturated heterocycles. The number of hydrogen-bond donors (Lipinski definition) is 1. The minimum Gasteiger partial charge on any atom is -0.396 e. The number of pyridine rings is 1. The minimum atomic E-state index is 0.231. The van der Waals surface area contributed by atoms with E-state index in [1.54, 1.807) is 18.3 Å². The maximum Gasteiger partial charge on any atom is 0.129 e. The number of rotatable bonds is 2. The molecule has 1 aliphatic heterocycles. The van der Waals surface area contributed by atoms with Crippen LogP contribution in [0.2, 0.25) is 0 Å². The highest BCUT2D eigenvalue weighted by atomic mass is 16.3. The Hall–Kier alpha value is -1.60. The first-order valence-corrected chi connectivity index (χ1v) is 5.05. The zero-order chi connectivity index (χ0) is 10.7. The van der Waals surface area contributed by atoms with Gasteiger partial charge in [0.25, 0.3) is 0 Å². The Kier molecular flexibility index (Phi) is 2.84. The Bertz CT molecular complexity index is 386. The Labute approximate surface area is 88.8 Å². The smallest absolute Gasteiger partial charge is 0.129 e. The monoisotopic (exact) mass is 203 g/mol. The lowest BCUT2D eigenvalue weighted by atomic mass is 10.1. The average molecular weight is 203 g/mol. The molecule has 0 aliphatic carbocycles. The second-order valence-electron chi connectivity index (χ2n) is 3.80. The lowest BCUT2D eigenvalue weighted by molar-refractivity contribution is 0.238. The van der Waals surface area contributed by atoms with E-state index in [2.05, 4.69) is 16.0 Å². The highest BCUT2D eigenvalue weighted by molar-refractivity contribution is 5.45. The number of nitrogens with zero attached hydrogens (tertiary/aromatic N) is 3. The van der Waals surface area contributed by atoms with E-state index in [1.807, 2.05) is 0 Å². The third kappa shape index (κ3) is 2.08. The van der Waals surface area contributed by atoms with Crippen molar-refractivity contribution in [2.24, 2.45) is 5.92 Å². The van der Waals surface area contributed by atoms with E-state index in [0.29, 0.717) is 11.5 Å². The maximum atomic E-state index is 9.03. The third-order valence-corrected chi connectivity index (χ3v) is 2.74. The molecule has 0 radical (unpaired) electrons. The molecule has 1 atom stereocenters. The van der Waals surface area contributed by atoms with Gasteiger partial charge in [-0.1, -0.05) is 0 Å². The molecule has 0 unspecified atom stereocenters. The van der Waals surface area contributed by atoms with Crippen molar-refractivity contribution in [1.29, 1.82) is 5.26 Å². The van der Waals surface area contributed by atoms with Gasteiger partial charge in [0, 0.05) is 31.8 Å². The standard InChI is InChI=1S/C11H13N3O/c12-6-9-1-3-13-11(5-9)14-4-2-10(7-14)8-15/h1,3,5,10,15H,2,4,7-8H2/t10-/m0/s1. The maximum absolute atomic E-state index is 9.03. The van der Waals surface area contributed by atoms with Crippen molar-refractivity contribution < 1.29 is 5.11 Å². The van der Waals surface area contributed by atoms with E-state index >= 15 is 0 Å². The highest BCUT2D eigenvalue weighted by Crippen LogP contribution is 2.21. The van der Waals surface area contributed by atoms with Crippen LogP contribution >= 0.6 is 0 Å². The molecule has 0 spiro atoms. The molecule has 0 bridgehead atoms. The minimum absolute atomic E-state index is 0.231. The zero-order valence-corrected chi connectivity index (χ0v) is 8.43. The molecule has 15 heavy (non-hydrogen) atoms. The van der Waals surface area contributed by atoms with Crippen molar-refractivity contribution in [2.45, 2.75) is 6.42 Å². The van der Waals surface area contributed by atoms with Gasteiger partial charge < -0.3 is 10.0 Å². The van der Waals surface area contributed by atoms with Crippen LogP contribution in [0.4, 0.5) is 5.82 Å². The molecular weight excluding hydrogens is 190 g/mol. The lowest BCUT2D eigenvalue weighted by Crippen LogP contribution is -2.21. The molecule has 2 heterocycles. The highest BCUT2D eigenvalue weighted by Gasteiger charge is 2.22. The molecule has 4 heteroatoms. The molecule has 0 aromatic carbocycles. The Morgan fingerprint density at radius 1 is 1.67 bits per heavy atom. The van der Waals surface area contributed by atoms with E-state index in [9.17, 15) is 0 Å². The van der Waals surface area contributed by atoms with Crippen LogP contribution in [0.5, 0.6) is 0 Å². The first-order chi connectivity index (χ1) is 7.33. The summed E-state index contributed by atoms with van der Waals surface area (Å²) in [6, 6.07) is 5.59. The van der Waals surface area contributed by atoms with Gasteiger partial charge in [0.1, 0.15) is 5.82 Å². The lowest BCUT2D eigenvalue weighted by Gasteiger charge is -2.16. The molecule has 0 saturated carbocycles. The van der Waals surface area contributed by atoms with E-state index < -0.39 is 0 Å². The van der Waals surface area contributed by atoms with Gasteiger partial charge in [0.05, 0.1) is 11.6 Å². The van der Waals surface area contributed by atoms with Crippen molar-refractivity contribution >= 4 is 5.82 Å². The number of aliphatic hydroxyl groups excluding tert-OH is 1. The van der Waals surface area contributed by atoms with Crippen molar-refractivity contribution in [3.05, 3.63) is 23.9 Å². The summed E-state index contributed by atoms with van der Waals surface area (Å²) in [4.78, 5) is 6.34. The number of aliphatic hydroxyl groups is 1. The van der Waals surface area contributed by atoms with Gasteiger partial charge in [0.15, 0.2) is 0 Å². The molecule has 1 fully saturated rings. The molecule has 1 aromatic rings. The Balaban J connectivity index is 2.14. The van der Waals surface area contributed by atoms with Gasteiger partial charge in [-0.05, 0) is 18.6 Å². The van der Waals surface area contributed by atoms with Gasteiger partial charge in [-0.15, -0.1) is 0 Å². The number of anilines is 1. The first-order valence-electron chi connectivity index (χ1n) is 5.05. The van der Waals surface area contributed by atoms with Gasteiger partial charge in [0.2, 0.25) is 0 Å². The largest absolute Gasteiger partial charge is 0.396 e. The predicted octanol–water partition coefficient (Wildman–Crippen LogP) is 0.772. The number of hydrogen-bond acceptors (Lipinski definition) is 4. The van der Waals surface area contributed by atoms with Crippen LogP contribution in [-0.4, -0.2) is 29.8 Å². The summed E-state index contributed by atoms with van der Waals surface area (Å²) < 4.78 is 0. The van der Waals surface area contributed by atoms with E-state index in [0.717, 1.165) is 25.3 Å². The van der Waals surface area contributed by atoms with Gasteiger partial charge in [-0.25, -0.2) is 4.98 Å². The number of nitriles is 1. The van der Waals surface area contributed by atoms with Crippen molar-refractivity contribution in [1.82, 2.24) is 4.98 Å². The summed E-state index contributed by atoms with van der Waals surface area (Å²) >= 11 is 0. The summed E-state index contributed by atoms with van der Waals surface area (Å²) in [5.74, 6) is 1.18. The number of aromatic nitrogens is 1. The molecule has 1 N–H and O–H groups in total.